The highest BCUT2D eigenvalue weighted by molar-refractivity contribution is 5.53. The predicted molar refractivity (Wildman–Crippen MR) is 86.3 cm³/mol. The van der Waals surface area contributed by atoms with Gasteiger partial charge in [0, 0.05) is 23.5 Å². The molecule has 1 aromatic heterocycles. The molecule has 0 bridgehead atoms. The average molecular weight is 277 g/mol. The summed E-state index contributed by atoms with van der Waals surface area (Å²) in [6, 6.07) is 19.0. The summed E-state index contributed by atoms with van der Waals surface area (Å²) in [7, 11) is 0. The Kier molecular flexibility index (Phi) is 4.01. The van der Waals surface area contributed by atoms with Crippen molar-refractivity contribution in [1.29, 1.82) is 0 Å². The number of para-hydroxylation sites is 1. The van der Waals surface area contributed by atoms with E-state index in [1.54, 1.807) is 0 Å². The van der Waals surface area contributed by atoms with Gasteiger partial charge in [-0.05, 0) is 30.5 Å². The lowest BCUT2D eigenvalue weighted by atomic mass is 10.0. The van der Waals surface area contributed by atoms with Crippen LogP contribution in [-0.2, 0) is 13.0 Å². The number of hydrogen-bond donors (Lipinski definition) is 2. The molecule has 0 saturated carbocycles. The summed E-state index contributed by atoms with van der Waals surface area (Å²) in [5.41, 5.74) is 6.13. The Morgan fingerprint density at radius 1 is 0.952 bits per heavy atom. The second-order valence-corrected chi connectivity index (χ2v) is 5.19. The van der Waals surface area contributed by atoms with Crippen molar-refractivity contribution in [3.8, 4) is 0 Å². The summed E-state index contributed by atoms with van der Waals surface area (Å²) < 4.78 is 0. The van der Waals surface area contributed by atoms with E-state index < -0.39 is 0 Å². The minimum atomic E-state index is 0.786. The Hall–Kier alpha value is -2.55. The highest BCUT2D eigenvalue weighted by Crippen LogP contribution is 2.20. The molecule has 3 aromatic rings. The predicted octanol–water partition coefficient (Wildman–Crippen LogP) is 3.92. The Morgan fingerprint density at radius 2 is 1.71 bits per heavy atom. The van der Waals surface area contributed by atoms with Crippen LogP contribution in [0.1, 0.15) is 22.4 Å². The Balaban J connectivity index is 1.75. The average Bonchev–Trinajstić information content (AvgIpc) is 2.93. The molecule has 0 atom stereocenters. The van der Waals surface area contributed by atoms with E-state index >= 15 is 0 Å². The van der Waals surface area contributed by atoms with Gasteiger partial charge in [0.15, 0.2) is 0 Å². The fourth-order valence-corrected chi connectivity index (χ4v) is 2.41. The first-order valence-corrected chi connectivity index (χ1v) is 7.17. The number of aromatic nitrogens is 2. The molecule has 0 saturated heterocycles. The molecule has 0 aliphatic heterocycles. The van der Waals surface area contributed by atoms with Crippen molar-refractivity contribution in [3.63, 3.8) is 0 Å². The van der Waals surface area contributed by atoms with E-state index in [2.05, 4.69) is 70.1 Å². The van der Waals surface area contributed by atoms with Gasteiger partial charge in [-0.1, -0.05) is 48.5 Å². The van der Waals surface area contributed by atoms with Crippen LogP contribution < -0.4 is 5.32 Å². The van der Waals surface area contributed by atoms with Gasteiger partial charge in [-0.3, -0.25) is 5.10 Å². The first-order valence-electron chi connectivity index (χ1n) is 7.17. The van der Waals surface area contributed by atoms with Gasteiger partial charge < -0.3 is 5.32 Å². The molecule has 1 heterocycles. The number of aryl methyl sites for hydroxylation is 1. The summed E-state index contributed by atoms with van der Waals surface area (Å²) in [5.74, 6) is 0. The fraction of sp³-hybridized carbons (Fsp3) is 0.167. The standard InChI is InChI=1S/C18H19N3/c1-14-17(13-20-21-14)12-19-18-10-6-5-9-16(18)11-15-7-3-2-4-8-15/h2-10,13,19H,11-12H2,1H3,(H,20,21). The molecular formula is C18H19N3. The SMILES string of the molecule is Cc1[nH]ncc1CNc1ccccc1Cc1ccccc1. The number of anilines is 1. The zero-order valence-electron chi connectivity index (χ0n) is 12.1. The third-order valence-corrected chi connectivity index (χ3v) is 3.66. The van der Waals surface area contributed by atoms with Crippen LogP contribution in [0.2, 0.25) is 0 Å². The lowest BCUT2D eigenvalue weighted by Crippen LogP contribution is -2.03. The molecule has 21 heavy (non-hydrogen) atoms. The van der Waals surface area contributed by atoms with Crippen LogP contribution in [0.4, 0.5) is 5.69 Å². The Labute approximate surface area is 125 Å². The molecule has 0 aliphatic carbocycles. The second-order valence-electron chi connectivity index (χ2n) is 5.19. The van der Waals surface area contributed by atoms with E-state index in [1.165, 1.54) is 22.4 Å². The van der Waals surface area contributed by atoms with Crippen LogP contribution in [0.25, 0.3) is 0 Å². The normalized spacial score (nSPS) is 10.5. The van der Waals surface area contributed by atoms with Crippen LogP contribution in [0, 0.1) is 6.92 Å². The molecule has 2 aromatic carbocycles. The van der Waals surface area contributed by atoms with Crippen molar-refractivity contribution in [1.82, 2.24) is 10.2 Å². The molecule has 0 spiro atoms. The number of H-pyrrole nitrogens is 1. The zero-order chi connectivity index (χ0) is 14.5. The highest BCUT2D eigenvalue weighted by atomic mass is 15.1. The molecule has 0 radical (unpaired) electrons. The largest absolute Gasteiger partial charge is 0.381 e. The summed E-state index contributed by atoms with van der Waals surface area (Å²) in [4.78, 5) is 0. The van der Waals surface area contributed by atoms with E-state index in [-0.39, 0.29) is 0 Å². The first kappa shape index (κ1) is 13.4. The molecule has 106 valence electrons. The smallest absolute Gasteiger partial charge is 0.0539 e. The summed E-state index contributed by atoms with van der Waals surface area (Å²) in [5, 5.41) is 10.5. The minimum Gasteiger partial charge on any atom is -0.381 e. The first-order chi connectivity index (χ1) is 10.3. The minimum absolute atomic E-state index is 0.786. The lowest BCUT2D eigenvalue weighted by molar-refractivity contribution is 1.04. The van der Waals surface area contributed by atoms with E-state index in [0.717, 1.165) is 18.7 Å². The van der Waals surface area contributed by atoms with Gasteiger partial charge in [0.2, 0.25) is 0 Å². The molecule has 3 nitrogen and oxygen atoms in total. The maximum atomic E-state index is 4.06. The number of aromatic amines is 1. The maximum absolute atomic E-state index is 4.06. The van der Waals surface area contributed by atoms with Gasteiger partial charge in [-0.25, -0.2) is 0 Å². The van der Waals surface area contributed by atoms with Gasteiger partial charge in [0.05, 0.1) is 6.20 Å². The van der Waals surface area contributed by atoms with Crippen LogP contribution in [-0.4, -0.2) is 10.2 Å². The number of nitrogens with one attached hydrogen (secondary N) is 2. The van der Waals surface area contributed by atoms with Crippen molar-refractivity contribution in [2.24, 2.45) is 0 Å². The molecule has 3 heteroatoms. The van der Waals surface area contributed by atoms with Gasteiger partial charge in [0.1, 0.15) is 0 Å². The quantitative estimate of drug-likeness (QED) is 0.742. The van der Waals surface area contributed by atoms with Crippen LogP contribution >= 0.6 is 0 Å². The number of benzene rings is 2. The number of hydrogen-bond acceptors (Lipinski definition) is 2. The lowest BCUT2D eigenvalue weighted by Gasteiger charge is -2.12. The third-order valence-electron chi connectivity index (χ3n) is 3.66. The number of rotatable bonds is 5. The highest BCUT2D eigenvalue weighted by Gasteiger charge is 2.04. The second kappa shape index (κ2) is 6.27. The Morgan fingerprint density at radius 3 is 2.48 bits per heavy atom. The Bertz CT molecular complexity index is 701. The topological polar surface area (TPSA) is 40.7 Å². The van der Waals surface area contributed by atoms with Gasteiger partial charge >= 0.3 is 0 Å². The van der Waals surface area contributed by atoms with Crippen molar-refractivity contribution in [2.45, 2.75) is 19.9 Å². The van der Waals surface area contributed by atoms with E-state index in [9.17, 15) is 0 Å². The van der Waals surface area contributed by atoms with Crippen LogP contribution in [0.15, 0.2) is 60.8 Å². The van der Waals surface area contributed by atoms with Crippen LogP contribution in [0.3, 0.4) is 0 Å². The van der Waals surface area contributed by atoms with E-state index in [1.807, 2.05) is 13.1 Å². The molecule has 0 amide bonds. The van der Waals surface area contributed by atoms with Crippen molar-refractivity contribution in [3.05, 3.63) is 83.2 Å². The van der Waals surface area contributed by atoms with E-state index in [0.29, 0.717) is 0 Å². The summed E-state index contributed by atoms with van der Waals surface area (Å²) >= 11 is 0. The van der Waals surface area contributed by atoms with E-state index in [4.69, 9.17) is 0 Å². The molecular weight excluding hydrogens is 258 g/mol. The molecule has 0 fully saturated rings. The van der Waals surface area contributed by atoms with Gasteiger partial charge in [-0.2, -0.15) is 5.10 Å². The zero-order valence-corrected chi connectivity index (χ0v) is 12.1. The summed E-state index contributed by atoms with van der Waals surface area (Å²) in [6.45, 7) is 2.83. The monoisotopic (exact) mass is 277 g/mol. The van der Waals surface area contributed by atoms with Crippen molar-refractivity contribution >= 4 is 5.69 Å². The number of nitrogens with zero attached hydrogens (tertiary/aromatic N) is 1. The van der Waals surface area contributed by atoms with Gasteiger partial charge in [-0.15, -0.1) is 0 Å². The molecule has 3 rings (SSSR count). The molecule has 0 unspecified atom stereocenters. The fourth-order valence-electron chi connectivity index (χ4n) is 2.41. The maximum Gasteiger partial charge on any atom is 0.0539 e. The van der Waals surface area contributed by atoms with Crippen molar-refractivity contribution in [2.75, 3.05) is 5.32 Å². The third kappa shape index (κ3) is 3.31. The molecule has 2 N–H and O–H groups in total. The van der Waals surface area contributed by atoms with Crippen molar-refractivity contribution < 1.29 is 0 Å². The van der Waals surface area contributed by atoms with Gasteiger partial charge in [0.25, 0.3) is 0 Å². The van der Waals surface area contributed by atoms with Crippen LogP contribution in [0.5, 0.6) is 0 Å². The summed E-state index contributed by atoms with van der Waals surface area (Å²) in [6.07, 6.45) is 2.82. The molecule has 0 aliphatic rings.